The van der Waals surface area contributed by atoms with Crippen molar-refractivity contribution in [3.05, 3.63) is 39.9 Å². The average molecular weight is 328 g/mol. The van der Waals surface area contributed by atoms with Gasteiger partial charge in [-0.05, 0) is 69.2 Å². The Hall–Kier alpha value is -2.21. The predicted octanol–water partition coefficient (Wildman–Crippen LogP) is 1.73. The largest absolute Gasteiger partial charge is 0.352 e. The maximum absolute atomic E-state index is 12.4. The van der Waals surface area contributed by atoms with Crippen molar-refractivity contribution in [1.82, 2.24) is 15.3 Å². The van der Waals surface area contributed by atoms with Gasteiger partial charge in [0.05, 0.1) is 10.9 Å². The standard InChI is InChI=1S/C18H24N4O2/c1-11-21-16-8-14(6-7-15(16)18(24)22-11)17(23)20-10-13-4-2-12(9-19)3-5-13/h6-8,12-13H,2-5,9-10,19H2,1H3,(H,20,23)(H,21,22,24). The Bertz CT molecular complexity index is 791. The Kier molecular flexibility index (Phi) is 4.94. The van der Waals surface area contributed by atoms with Gasteiger partial charge in [-0.2, -0.15) is 0 Å². The minimum absolute atomic E-state index is 0.113. The Balaban J connectivity index is 1.65. The number of hydrogen-bond donors (Lipinski definition) is 3. The first kappa shape index (κ1) is 16.6. The first-order valence-corrected chi connectivity index (χ1v) is 8.55. The number of aromatic nitrogens is 2. The van der Waals surface area contributed by atoms with E-state index in [-0.39, 0.29) is 11.5 Å². The molecule has 0 aliphatic heterocycles. The summed E-state index contributed by atoms with van der Waals surface area (Å²) in [6.07, 6.45) is 4.55. The first-order chi connectivity index (χ1) is 11.6. The summed E-state index contributed by atoms with van der Waals surface area (Å²) in [4.78, 5) is 31.2. The number of aromatic amines is 1. The van der Waals surface area contributed by atoms with Gasteiger partial charge in [0.25, 0.3) is 11.5 Å². The first-order valence-electron chi connectivity index (χ1n) is 8.55. The molecule has 1 aliphatic carbocycles. The number of rotatable bonds is 4. The Morgan fingerprint density at radius 1 is 1.29 bits per heavy atom. The molecule has 1 aromatic heterocycles. The van der Waals surface area contributed by atoms with E-state index < -0.39 is 0 Å². The topological polar surface area (TPSA) is 101 Å². The van der Waals surface area contributed by atoms with E-state index in [4.69, 9.17) is 5.73 Å². The van der Waals surface area contributed by atoms with Gasteiger partial charge >= 0.3 is 0 Å². The molecule has 3 rings (SSSR count). The molecule has 1 amide bonds. The summed E-state index contributed by atoms with van der Waals surface area (Å²) in [5.41, 5.74) is 6.62. The zero-order valence-corrected chi connectivity index (χ0v) is 14.0. The van der Waals surface area contributed by atoms with Crippen LogP contribution in [-0.4, -0.2) is 29.0 Å². The molecule has 1 saturated carbocycles. The van der Waals surface area contributed by atoms with Gasteiger partial charge in [0.1, 0.15) is 5.82 Å². The van der Waals surface area contributed by atoms with Gasteiger partial charge in [0.15, 0.2) is 0 Å². The lowest BCUT2D eigenvalue weighted by Gasteiger charge is -2.27. The van der Waals surface area contributed by atoms with E-state index in [1.54, 1.807) is 25.1 Å². The summed E-state index contributed by atoms with van der Waals surface area (Å²) in [7, 11) is 0. The molecule has 0 radical (unpaired) electrons. The number of nitrogens with two attached hydrogens (primary N) is 1. The molecule has 0 saturated heterocycles. The van der Waals surface area contributed by atoms with Crippen molar-refractivity contribution in [3.63, 3.8) is 0 Å². The van der Waals surface area contributed by atoms with Crippen LogP contribution in [0.4, 0.5) is 0 Å². The normalized spacial score (nSPS) is 20.9. The third kappa shape index (κ3) is 3.64. The lowest BCUT2D eigenvalue weighted by atomic mass is 9.82. The maximum atomic E-state index is 12.4. The predicted molar refractivity (Wildman–Crippen MR) is 93.9 cm³/mol. The van der Waals surface area contributed by atoms with Crippen LogP contribution >= 0.6 is 0 Å². The highest BCUT2D eigenvalue weighted by atomic mass is 16.1. The number of nitrogens with one attached hydrogen (secondary N) is 2. The van der Waals surface area contributed by atoms with Crippen LogP contribution in [0.5, 0.6) is 0 Å². The molecule has 0 unspecified atom stereocenters. The summed E-state index contributed by atoms with van der Waals surface area (Å²) in [5.74, 6) is 1.60. The molecule has 0 atom stereocenters. The molecule has 128 valence electrons. The number of carbonyl (C=O) groups excluding carboxylic acids is 1. The van der Waals surface area contributed by atoms with Gasteiger partial charge in [-0.25, -0.2) is 4.98 Å². The van der Waals surface area contributed by atoms with Gasteiger partial charge in [0, 0.05) is 12.1 Å². The molecule has 0 bridgehead atoms. The highest BCUT2D eigenvalue weighted by Gasteiger charge is 2.20. The summed E-state index contributed by atoms with van der Waals surface area (Å²) >= 11 is 0. The van der Waals surface area contributed by atoms with E-state index in [9.17, 15) is 9.59 Å². The van der Waals surface area contributed by atoms with Gasteiger partial charge in [-0.3, -0.25) is 9.59 Å². The fourth-order valence-corrected chi connectivity index (χ4v) is 3.41. The van der Waals surface area contributed by atoms with Crippen LogP contribution in [0, 0.1) is 18.8 Å². The molecule has 6 nitrogen and oxygen atoms in total. The molecule has 1 aromatic carbocycles. The van der Waals surface area contributed by atoms with Crippen LogP contribution in [0.15, 0.2) is 23.0 Å². The smallest absolute Gasteiger partial charge is 0.258 e. The fraction of sp³-hybridized carbons (Fsp3) is 0.500. The summed E-state index contributed by atoms with van der Waals surface area (Å²) < 4.78 is 0. The Labute approximate surface area is 140 Å². The SMILES string of the molecule is Cc1nc2cc(C(=O)NCC3CCC(CN)CC3)ccc2c(=O)[nH]1. The van der Waals surface area contributed by atoms with Crippen LogP contribution in [0.2, 0.25) is 0 Å². The van der Waals surface area contributed by atoms with Gasteiger partial charge < -0.3 is 16.0 Å². The molecule has 1 heterocycles. The van der Waals surface area contributed by atoms with Gasteiger partial charge in [-0.15, -0.1) is 0 Å². The lowest BCUT2D eigenvalue weighted by molar-refractivity contribution is 0.0941. The second kappa shape index (κ2) is 7.13. The number of hydrogen-bond acceptors (Lipinski definition) is 4. The highest BCUT2D eigenvalue weighted by molar-refractivity contribution is 5.97. The highest BCUT2D eigenvalue weighted by Crippen LogP contribution is 2.27. The van der Waals surface area contributed by atoms with E-state index in [0.717, 1.165) is 32.2 Å². The summed E-state index contributed by atoms with van der Waals surface area (Å²) in [6.45, 7) is 3.18. The van der Waals surface area contributed by atoms with E-state index in [0.29, 0.717) is 40.7 Å². The maximum Gasteiger partial charge on any atom is 0.258 e. The molecule has 6 heteroatoms. The van der Waals surface area contributed by atoms with E-state index in [2.05, 4.69) is 15.3 Å². The molecule has 1 aliphatic rings. The van der Waals surface area contributed by atoms with Crippen molar-refractivity contribution in [3.8, 4) is 0 Å². The number of fused-ring (bicyclic) bond motifs is 1. The fourth-order valence-electron chi connectivity index (χ4n) is 3.41. The number of carbonyl (C=O) groups is 1. The second-order valence-corrected chi connectivity index (χ2v) is 6.72. The Morgan fingerprint density at radius 3 is 2.71 bits per heavy atom. The van der Waals surface area contributed by atoms with Crippen molar-refractivity contribution >= 4 is 16.8 Å². The molecule has 2 aromatic rings. The van der Waals surface area contributed by atoms with Crippen LogP contribution < -0.4 is 16.6 Å². The minimum atomic E-state index is -0.180. The number of aryl methyl sites for hydroxylation is 1. The third-order valence-electron chi connectivity index (χ3n) is 4.94. The van der Waals surface area contributed by atoms with Crippen molar-refractivity contribution in [2.24, 2.45) is 17.6 Å². The molecule has 1 fully saturated rings. The summed E-state index contributed by atoms with van der Waals surface area (Å²) in [5, 5.41) is 3.51. The van der Waals surface area contributed by atoms with Crippen LogP contribution in [-0.2, 0) is 0 Å². The Morgan fingerprint density at radius 2 is 2.00 bits per heavy atom. The molecular weight excluding hydrogens is 304 g/mol. The van der Waals surface area contributed by atoms with E-state index in [1.807, 2.05) is 0 Å². The van der Waals surface area contributed by atoms with Crippen molar-refractivity contribution < 1.29 is 4.79 Å². The summed E-state index contributed by atoms with van der Waals surface area (Å²) in [6, 6.07) is 5.01. The second-order valence-electron chi connectivity index (χ2n) is 6.72. The van der Waals surface area contributed by atoms with Crippen LogP contribution in [0.1, 0.15) is 41.9 Å². The van der Waals surface area contributed by atoms with E-state index >= 15 is 0 Å². The number of benzene rings is 1. The van der Waals surface area contributed by atoms with E-state index in [1.165, 1.54) is 0 Å². The third-order valence-corrected chi connectivity index (χ3v) is 4.94. The van der Waals surface area contributed by atoms with Crippen LogP contribution in [0.3, 0.4) is 0 Å². The minimum Gasteiger partial charge on any atom is -0.352 e. The molecule has 0 spiro atoms. The van der Waals surface area contributed by atoms with Crippen molar-refractivity contribution in [1.29, 1.82) is 0 Å². The number of amides is 1. The zero-order chi connectivity index (χ0) is 17.1. The van der Waals surface area contributed by atoms with Crippen molar-refractivity contribution in [2.45, 2.75) is 32.6 Å². The van der Waals surface area contributed by atoms with Gasteiger partial charge in [-0.1, -0.05) is 0 Å². The number of nitrogens with zero attached hydrogens (tertiary/aromatic N) is 1. The molecule has 24 heavy (non-hydrogen) atoms. The average Bonchev–Trinajstić information content (AvgIpc) is 2.59. The lowest BCUT2D eigenvalue weighted by Crippen LogP contribution is -2.32. The molecular formula is C18H24N4O2. The van der Waals surface area contributed by atoms with Gasteiger partial charge in [0.2, 0.25) is 0 Å². The monoisotopic (exact) mass is 328 g/mol. The zero-order valence-electron chi connectivity index (χ0n) is 14.0. The number of H-pyrrole nitrogens is 1. The quantitative estimate of drug-likeness (QED) is 0.795. The van der Waals surface area contributed by atoms with Crippen LogP contribution in [0.25, 0.3) is 10.9 Å². The van der Waals surface area contributed by atoms with Crippen molar-refractivity contribution in [2.75, 3.05) is 13.1 Å². The molecule has 4 N–H and O–H groups in total.